The molecular formula is C29H19Br3N2O4. The molecule has 6 nitrogen and oxygen atoms in total. The second-order valence-electron chi connectivity index (χ2n) is 8.63. The summed E-state index contributed by atoms with van der Waals surface area (Å²) in [5, 5.41) is 4.51. The van der Waals surface area contributed by atoms with Crippen molar-refractivity contribution in [3.05, 3.63) is 108 Å². The van der Waals surface area contributed by atoms with Crippen LogP contribution in [0.5, 0.6) is 5.75 Å². The van der Waals surface area contributed by atoms with Gasteiger partial charge in [0.2, 0.25) is 0 Å². The molecule has 0 spiro atoms. The second-order valence-corrected chi connectivity index (χ2v) is 11.2. The van der Waals surface area contributed by atoms with E-state index in [-0.39, 0.29) is 5.57 Å². The number of ether oxygens (including phenoxy) is 1. The summed E-state index contributed by atoms with van der Waals surface area (Å²) in [5.74, 6) is -0.876. The van der Waals surface area contributed by atoms with E-state index in [4.69, 9.17) is 4.74 Å². The number of nitrogens with one attached hydrogen (secondary N) is 1. The summed E-state index contributed by atoms with van der Waals surface area (Å²) in [5.41, 5.74) is 2.67. The molecule has 0 unspecified atom stereocenters. The summed E-state index contributed by atoms with van der Waals surface area (Å²) in [7, 11) is 0. The van der Waals surface area contributed by atoms with Crippen LogP contribution in [0, 0.1) is 6.92 Å². The average Bonchev–Trinajstić information content (AvgIpc) is 2.88. The fourth-order valence-electron chi connectivity index (χ4n) is 4.20. The van der Waals surface area contributed by atoms with Crippen LogP contribution < -0.4 is 15.0 Å². The molecule has 1 heterocycles. The van der Waals surface area contributed by atoms with Crippen molar-refractivity contribution in [2.45, 2.75) is 13.5 Å². The number of rotatable bonds is 5. The lowest BCUT2D eigenvalue weighted by molar-refractivity contribution is -0.122. The molecule has 1 aliphatic rings. The minimum Gasteiger partial charge on any atom is -0.487 e. The standard InChI is InChI=1S/C29H19Br3N2O4/c1-16-11-20(9-10-23(16)30)34-28(36)22(27(35)33-29(34)37)12-17-13-24(31)26(25(32)14-17)38-15-19-7-4-6-18-5-2-3-8-21(18)19/h2-14H,15H2,1H3,(H,33,35,37)/b22-12+. The van der Waals surface area contributed by atoms with Gasteiger partial charge in [-0.3, -0.25) is 14.9 Å². The highest BCUT2D eigenvalue weighted by molar-refractivity contribution is 9.11. The van der Waals surface area contributed by atoms with Gasteiger partial charge in [0.15, 0.2) is 0 Å². The van der Waals surface area contributed by atoms with Gasteiger partial charge in [-0.25, -0.2) is 9.69 Å². The molecule has 0 atom stereocenters. The number of aryl methyl sites for hydroxylation is 1. The minimum atomic E-state index is -0.793. The molecule has 4 aromatic carbocycles. The van der Waals surface area contributed by atoms with Gasteiger partial charge in [-0.1, -0.05) is 58.4 Å². The lowest BCUT2D eigenvalue weighted by Crippen LogP contribution is -2.54. The van der Waals surface area contributed by atoms with Crippen LogP contribution in [0.15, 0.2) is 91.8 Å². The van der Waals surface area contributed by atoms with E-state index < -0.39 is 17.8 Å². The van der Waals surface area contributed by atoms with Gasteiger partial charge in [-0.05, 0) is 103 Å². The van der Waals surface area contributed by atoms with E-state index in [1.165, 1.54) is 6.08 Å². The Labute approximate surface area is 244 Å². The average molecular weight is 699 g/mol. The van der Waals surface area contributed by atoms with Crippen molar-refractivity contribution < 1.29 is 19.1 Å². The highest BCUT2D eigenvalue weighted by Crippen LogP contribution is 2.37. The Morgan fingerprint density at radius 3 is 2.32 bits per heavy atom. The number of carbonyl (C=O) groups excluding carboxylic acids is 3. The number of hydrogen-bond acceptors (Lipinski definition) is 4. The van der Waals surface area contributed by atoms with E-state index >= 15 is 0 Å². The first-order valence-electron chi connectivity index (χ1n) is 11.5. The van der Waals surface area contributed by atoms with Crippen molar-refractivity contribution >= 4 is 88.2 Å². The van der Waals surface area contributed by atoms with E-state index in [0.29, 0.717) is 32.6 Å². The van der Waals surface area contributed by atoms with Crippen LogP contribution in [-0.2, 0) is 16.2 Å². The van der Waals surface area contributed by atoms with Gasteiger partial charge >= 0.3 is 6.03 Å². The first-order valence-corrected chi connectivity index (χ1v) is 13.9. The third-order valence-corrected chi connectivity index (χ3v) is 8.15. The lowest BCUT2D eigenvalue weighted by atomic mass is 10.1. The SMILES string of the molecule is Cc1cc(N2C(=O)NC(=O)/C(=C\c3cc(Br)c(OCc4cccc5ccccc45)c(Br)c3)C2=O)ccc1Br. The van der Waals surface area contributed by atoms with Crippen LogP contribution in [0.2, 0.25) is 0 Å². The zero-order valence-electron chi connectivity index (χ0n) is 19.9. The summed E-state index contributed by atoms with van der Waals surface area (Å²) in [4.78, 5) is 39.4. The number of benzene rings is 4. The number of hydrogen-bond donors (Lipinski definition) is 1. The molecule has 190 valence electrons. The van der Waals surface area contributed by atoms with Gasteiger partial charge in [-0.15, -0.1) is 0 Å². The van der Waals surface area contributed by atoms with Crippen LogP contribution in [0.1, 0.15) is 16.7 Å². The molecule has 9 heteroatoms. The van der Waals surface area contributed by atoms with E-state index in [1.54, 1.807) is 30.3 Å². The van der Waals surface area contributed by atoms with Gasteiger partial charge in [0, 0.05) is 4.47 Å². The maximum Gasteiger partial charge on any atom is 0.335 e. The number of carbonyl (C=O) groups is 3. The minimum absolute atomic E-state index is 0.159. The van der Waals surface area contributed by atoms with E-state index in [0.717, 1.165) is 31.3 Å². The van der Waals surface area contributed by atoms with Gasteiger partial charge in [0.05, 0.1) is 14.6 Å². The third kappa shape index (κ3) is 5.18. The molecule has 0 saturated carbocycles. The van der Waals surface area contributed by atoms with Crippen LogP contribution in [0.3, 0.4) is 0 Å². The fraction of sp³-hybridized carbons (Fsp3) is 0.0690. The Kier molecular flexibility index (Phi) is 7.52. The Hall–Kier alpha value is -3.27. The molecule has 1 N–H and O–H groups in total. The number of barbiturate groups is 1. The highest BCUT2D eigenvalue weighted by atomic mass is 79.9. The van der Waals surface area contributed by atoms with Crippen molar-refractivity contribution in [2.24, 2.45) is 0 Å². The number of urea groups is 1. The summed E-state index contributed by atoms with van der Waals surface area (Å²) < 4.78 is 8.26. The highest BCUT2D eigenvalue weighted by Gasteiger charge is 2.37. The van der Waals surface area contributed by atoms with Crippen molar-refractivity contribution in [1.29, 1.82) is 0 Å². The smallest absolute Gasteiger partial charge is 0.335 e. The predicted octanol–water partition coefficient (Wildman–Crippen LogP) is 7.68. The summed E-state index contributed by atoms with van der Waals surface area (Å²) in [6, 6.07) is 22.0. The van der Waals surface area contributed by atoms with Crippen molar-refractivity contribution in [3.8, 4) is 5.75 Å². The summed E-state index contributed by atoms with van der Waals surface area (Å²) in [6.07, 6.45) is 1.45. The Morgan fingerprint density at radius 1 is 0.868 bits per heavy atom. The molecule has 38 heavy (non-hydrogen) atoms. The molecule has 4 amide bonds. The number of amides is 4. The number of nitrogens with zero attached hydrogens (tertiary/aromatic N) is 1. The monoisotopic (exact) mass is 696 g/mol. The molecule has 1 saturated heterocycles. The fourth-order valence-corrected chi connectivity index (χ4v) is 5.89. The summed E-state index contributed by atoms with van der Waals surface area (Å²) in [6.45, 7) is 2.20. The third-order valence-electron chi connectivity index (χ3n) is 6.08. The van der Waals surface area contributed by atoms with Crippen molar-refractivity contribution in [3.63, 3.8) is 0 Å². The van der Waals surface area contributed by atoms with Crippen molar-refractivity contribution in [2.75, 3.05) is 4.90 Å². The largest absolute Gasteiger partial charge is 0.487 e. The lowest BCUT2D eigenvalue weighted by Gasteiger charge is -2.26. The second kappa shape index (κ2) is 10.8. The topological polar surface area (TPSA) is 75.7 Å². The maximum atomic E-state index is 13.3. The summed E-state index contributed by atoms with van der Waals surface area (Å²) >= 11 is 10.5. The van der Waals surface area contributed by atoms with Crippen LogP contribution in [0.25, 0.3) is 16.8 Å². The maximum absolute atomic E-state index is 13.3. The number of halogens is 3. The molecule has 0 bridgehead atoms. The molecule has 1 fully saturated rings. The number of imide groups is 2. The normalized spacial score (nSPS) is 14.8. The molecule has 0 aliphatic carbocycles. The Balaban J connectivity index is 1.42. The van der Waals surface area contributed by atoms with Gasteiger partial charge in [0.1, 0.15) is 17.9 Å². The van der Waals surface area contributed by atoms with Gasteiger partial charge in [-0.2, -0.15) is 0 Å². The number of anilines is 1. The molecule has 0 aromatic heterocycles. The van der Waals surface area contributed by atoms with Gasteiger partial charge < -0.3 is 4.74 Å². The van der Waals surface area contributed by atoms with Crippen LogP contribution >= 0.6 is 47.8 Å². The van der Waals surface area contributed by atoms with Gasteiger partial charge in [0.25, 0.3) is 11.8 Å². The van der Waals surface area contributed by atoms with E-state index in [2.05, 4.69) is 71.3 Å². The molecule has 0 radical (unpaired) electrons. The van der Waals surface area contributed by atoms with Crippen LogP contribution in [0.4, 0.5) is 10.5 Å². The molecule has 1 aliphatic heterocycles. The van der Waals surface area contributed by atoms with E-state index in [1.807, 2.05) is 31.2 Å². The Morgan fingerprint density at radius 2 is 1.58 bits per heavy atom. The molecular weight excluding hydrogens is 680 g/mol. The quantitative estimate of drug-likeness (QED) is 0.171. The van der Waals surface area contributed by atoms with Crippen molar-refractivity contribution in [1.82, 2.24) is 5.32 Å². The molecule has 4 aromatic rings. The first-order chi connectivity index (χ1) is 18.2. The number of fused-ring (bicyclic) bond motifs is 1. The zero-order valence-corrected chi connectivity index (χ0v) is 24.7. The predicted molar refractivity (Wildman–Crippen MR) is 158 cm³/mol. The van der Waals surface area contributed by atoms with Crippen LogP contribution in [-0.4, -0.2) is 17.8 Å². The Bertz CT molecular complexity index is 1640. The zero-order chi connectivity index (χ0) is 27.0. The van der Waals surface area contributed by atoms with E-state index in [9.17, 15) is 14.4 Å². The molecule has 5 rings (SSSR count). The first kappa shape index (κ1) is 26.3.